The van der Waals surface area contributed by atoms with E-state index in [1.54, 1.807) is 21.3 Å². The van der Waals surface area contributed by atoms with Crippen LogP contribution >= 0.6 is 0 Å². The molecule has 0 fully saturated rings. The van der Waals surface area contributed by atoms with Crippen LogP contribution in [0.5, 0.6) is 17.2 Å². The molecule has 3 aromatic rings. The highest BCUT2D eigenvalue weighted by Gasteiger charge is 2.35. The molecule has 6 heteroatoms. The summed E-state index contributed by atoms with van der Waals surface area (Å²) in [6, 6.07) is 11.3. The highest BCUT2D eigenvalue weighted by Crippen LogP contribution is 2.46. The highest BCUT2D eigenvalue weighted by molar-refractivity contribution is 6.06. The molecule has 1 aliphatic rings. The van der Waals surface area contributed by atoms with Gasteiger partial charge < -0.3 is 19.3 Å². The van der Waals surface area contributed by atoms with E-state index in [1.807, 2.05) is 36.4 Å². The molecule has 0 spiro atoms. The summed E-state index contributed by atoms with van der Waals surface area (Å²) >= 11 is 0. The third kappa shape index (κ3) is 4.20. The molecule has 0 radical (unpaired) electrons. The van der Waals surface area contributed by atoms with Crippen molar-refractivity contribution in [2.24, 2.45) is 11.3 Å². The second-order valence-corrected chi connectivity index (χ2v) is 9.74. The van der Waals surface area contributed by atoms with Crippen LogP contribution in [-0.2, 0) is 6.42 Å². The average molecular weight is 462 g/mol. The molecule has 34 heavy (non-hydrogen) atoms. The SMILES string of the molecule is COc1cc(/C=C2\C[C@@H](C(C)(C)C)Cc3c2nc2ccccc2c3C(=O)O)cc(OC)c1OC. The largest absolute Gasteiger partial charge is 0.493 e. The van der Waals surface area contributed by atoms with Crippen LogP contribution in [0.15, 0.2) is 36.4 Å². The summed E-state index contributed by atoms with van der Waals surface area (Å²) in [4.78, 5) is 17.4. The summed E-state index contributed by atoms with van der Waals surface area (Å²) in [7, 11) is 4.76. The number of rotatable bonds is 5. The third-order valence-corrected chi connectivity index (χ3v) is 6.68. The van der Waals surface area contributed by atoms with Crippen molar-refractivity contribution in [2.45, 2.75) is 33.6 Å². The fraction of sp³-hybridized carbons (Fsp3) is 0.357. The van der Waals surface area contributed by atoms with Gasteiger partial charge in [0, 0.05) is 5.39 Å². The van der Waals surface area contributed by atoms with Crippen molar-refractivity contribution in [1.29, 1.82) is 0 Å². The third-order valence-electron chi connectivity index (χ3n) is 6.68. The zero-order valence-electron chi connectivity index (χ0n) is 20.6. The number of ether oxygens (including phenoxy) is 3. The Morgan fingerprint density at radius 3 is 2.24 bits per heavy atom. The van der Waals surface area contributed by atoms with Gasteiger partial charge in [0.05, 0.1) is 38.1 Å². The predicted molar refractivity (Wildman–Crippen MR) is 134 cm³/mol. The maximum absolute atomic E-state index is 12.5. The normalized spacial score (nSPS) is 16.9. The molecule has 6 nitrogen and oxygen atoms in total. The van der Waals surface area contributed by atoms with Gasteiger partial charge in [-0.25, -0.2) is 9.78 Å². The van der Waals surface area contributed by atoms with Crippen LogP contribution in [0.2, 0.25) is 0 Å². The van der Waals surface area contributed by atoms with Crippen molar-refractivity contribution >= 4 is 28.5 Å². The number of carbonyl (C=O) groups is 1. The molecule has 4 rings (SSSR count). The van der Waals surface area contributed by atoms with Gasteiger partial charge in [-0.2, -0.15) is 0 Å². The Kier molecular flexibility index (Phi) is 6.26. The van der Waals surface area contributed by atoms with Crippen LogP contribution in [0.3, 0.4) is 0 Å². The minimum absolute atomic E-state index is 0.00646. The molecule has 0 bridgehead atoms. The minimum Gasteiger partial charge on any atom is -0.493 e. The second kappa shape index (κ2) is 9.01. The lowest BCUT2D eigenvalue weighted by molar-refractivity contribution is 0.0696. The quantitative estimate of drug-likeness (QED) is 0.494. The first-order valence-electron chi connectivity index (χ1n) is 11.3. The number of nitrogens with zero attached hydrogens (tertiary/aromatic N) is 1. The Balaban J connectivity index is 1.99. The van der Waals surface area contributed by atoms with Gasteiger partial charge in [-0.3, -0.25) is 0 Å². The maximum atomic E-state index is 12.5. The van der Waals surface area contributed by atoms with Crippen molar-refractivity contribution in [3.63, 3.8) is 0 Å². The first kappa shape index (κ1) is 23.6. The molecule has 1 aliphatic carbocycles. The van der Waals surface area contributed by atoms with Crippen molar-refractivity contribution < 1.29 is 24.1 Å². The van der Waals surface area contributed by atoms with Crippen molar-refractivity contribution in [3.8, 4) is 17.2 Å². The number of carboxylic acid groups (broad SMARTS) is 1. The van der Waals surface area contributed by atoms with Gasteiger partial charge >= 0.3 is 5.97 Å². The zero-order valence-corrected chi connectivity index (χ0v) is 20.6. The van der Waals surface area contributed by atoms with E-state index in [1.165, 1.54) is 0 Å². The molecule has 178 valence electrons. The van der Waals surface area contributed by atoms with Crippen LogP contribution in [0.25, 0.3) is 22.6 Å². The molecule has 1 atom stereocenters. The monoisotopic (exact) mass is 461 g/mol. The molecule has 1 N–H and O–H groups in total. The summed E-state index contributed by atoms with van der Waals surface area (Å²) in [5, 5.41) is 10.9. The van der Waals surface area contributed by atoms with Crippen LogP contribution in [0, 0.1) is 11.3 Å². The van der Waals surface area contributed by atoms with Gasteiger partial charge in [-0.15, -0.1) is 0 Å². The first-order valence-corrected chi connectivity index (χ1v) is 11.3. The fourth-order valence-electron chi connectivity index (χ4n) is 4.77. The number of fused-ring (bicyclic) bond motifs is 2. The number of allylic oxidation sites excluding steroid dienone is 1. The van der Waals surface area contributed by atoms with E-state index in [0.29, 0.717) is 40.1 Å². The van der Waals surface area contributed by atoms with E-state index in [4.69, 9.17) is 19.2 Å². The van der Waals surface area contributed by atoms with Gasteiger partial charge in [0.25, 0.3) is 0 Å². The van der Waals surface area contributed by atoms with Gasteiger partial charge in [-0.1, -0.05) is 39.0 Å². The van der Waals surface area contributed by atoms with Crippen molar-refractivity contribution in [3.05, 3.63) is 58.8 Å². The summed E-state index contributed by atoms with van der Waals surface area (Å²) in [5.74, 6) is 0.997. The van der Waals surface area contributed by atoms with Crippen LogP contribution in [0.4, 0.5) is 0 Å². The number of pyridine rings is 1. The van der Waals surface area contributed by atoms with E-state index >= 15 is 0 Å². The van der Waals surface area contributed by atoms with Crippen LogP contribution in [-0.4, -0.2) is 37.4 Å². The standard InChI is InChI=1S/C28H31NO5/c1-28(2,3)18-14-17(11-16-12-22(32-4)26(34-6)23(13-16)33-5)25-20(15-18)24(27(30)31)19-9-7-8-10-21(19)29-25/h7-13,18H,14-15H2,1-6H3,(H,30,31)/b17-11+/t18-/m1/s1. The highest BCUT2D eigenvalue weighted by atomic mass is 16.5. The Labute approximate surface area is 200 Å². The molecule has 1 heterocycles. The van der Waals surface area contributed by atoms with Gasteiger partial charge in [-0.05, 0) is 65.1 Å². The molecule has 0 saturated heterocycles. The molecule has 2 aromatic carbocycles. The van der Waals surface area contributed by atoms with E-state index < -0.39 is 5.97 Å². The molecular weight excluding hydrogens is 430 g/mol. The Bertz CT molecular complexity index is 1260. The van der Waals surface area contributed by atoms with E-state index in [9.17, 15) is 9.90 Å². The summed E-state index contributed by atoms with van der Waals surface area (Å²) < 4.78 is 16.5. The molecule has 0 aliphatic heterocycles. The Hall–Kier alpha value is -3.54. The number of hydrogen-bond acceptors (Lipinski definition) is 5. The van der Waals surface area contributed by atoms with Crippen LogP contribution < -0.4 is 14.2 Å². The maximum Gasteiger partial charge on any atom is 0.336 e. The number of hydrogen-bond donors (Lipinski definition) is 1. The number of aromatic carboxylic acids is 1. The Morgan fingerprint density at radius 1 is 1.03 bits per heavy atom. The van der Waals surface area contributed by atoms with E-state index in [2.05, 4.69) is 26.8 Å². The predicted octanol–water partition coefficient (Wildman–Crippen LogP) is 6.11. The minimum atomic E-state index is -0.920. The lowest BCUT2D eigenvalue weighted by atomic mass is 9.69. The fourth-order valence-corrected chi connectivity index (χ4v) is 4.77. The number of aromatic nitrogens is 1. The molecular formula is C28H31NO5. The summed E-state index contributed by atoms with van der Waals surface area (Å²) in [5.41, 5.74) is 4.46. The van der Waals surface area contributed by atoms with E-state index in [-0.39, 0.29) is 11.3 Å². The second-order valence-electron chi connectivity index (χ2n) is 9.74. The van der Waals surface area contributed by atoms with Crippen molar-refractivity contribution in [1.82, 2.24) is 4.98 Å². The smallest absolute Gasteiger partial charge is 0.336 e. The molecule has 1 aromatic heterocycles. The van der Waals surface area contributed by atoms with Gasteiger partial charge in [0.2, 0.25) is 5.75 Å². The van der Waals surface area contributed by atoms with Gasteiger partial charge in [0.15, 0.2) is 11.5 Å². The number of methoxy groups -OCH3 is 3. The summed E-state index contributed by atoms with van der Waals surface area (Å²) in [6.45, 7) is 6.61. The lowest BCUT2D eigenvalue weighted by Gasteiger charge is -2.36. The van der Waals surface area contributed by atoms with Gasteiger partial charge in [0.1, 0.15) is 0 Å². The number of benzene rings is 2. The zero-order chi connectivity index (χ0) is 24.6. The molecule has 0 saturated carbocycles. The number of carboxylic acids is 1. The number of para-hydroxylation sites is 1. The average Bonchev–Trinajstić information content (AvgIpc) is 2.81. The Morgan fingerprint density at radius 2 is 1.68 bits per heavy atom. The van der Waals surface area contributed by atoms with E-state index in [0.717, 1.165) is 28.8 Å². The first-order chi connectivity index (χ1) is 16.2. The summed E-state index contributed by atoms with van der Waals surface area (Å²) in [6.07, 6.45) is 3.52. The molecule has 0 amide bonds. The topological polar surface area (TPSA) is 77.9 Å². The molecule has 0 unspecified atom stereocenters. The lowest BCUT2D eigenvalue weighted by Crippen LogP contribution is -2.28. The van der Waals surface area contributed by atoms with Crippen molar-refractivity contribution in [2.75, 3.05) is 21.3 Å². The van der Waals surface area contributed by atoms with Crippen LogP contribution in [0.1, 0.15) is 54.4 Å².